The molecule has 0 N–H and O–H groups in total. The zero-order chi connectivity index (χ0) is 22.6. The van der Waals surface area contributed by atoms with E-state index in [1.54, 1.807) is 4.90 Å². The molecule has 0 saturated carbocycles. The number of hydrogen-bond donors (Lipinski definition) is 0. The van der Waals surface area contributed by atoms with E-state index < -0.39 is 5.60 Å². The number of carbonyl (C=O) groups excluding carboxylic acids is 1. The first-order valence-electron chi connectivity index (χ1n) is 11.5. The molecular formula is C26H33N3O3. The number of benzene rings is 1. The smallest absolute Gasteiger partial charge is 0.410 e. The molecular weight excluding hydrogens is 402 g/mol. The van der Waals surface area contributed by atoms with Gasteiger partial charge in [-0.05, 0) is 70.2 Å². The molecule has 0 atom stereocenters. The van der Waals surface area contributed by atoms with E-state index in [2.05, 4.69) is 28.1 Å². The Balaban J connectivity index is 1.34. The van der Waals surface area contributed by atoms with Gasteiger partial charge in [-0.25, -0.2) is 9.78 Å². The Hall–Kier alpha value is -3.02. The number of aromatic nitrogens is 1. The largest absolute Gasteiger partial charge is 0.444 e. The fraction of sp³-hybridized carbons (Fsp3) is 0.462. The number of carbonyl (C=O) groups is 1. The molecule has 0 unspecified atom stereocenters. The second kappa shape index (κ2) is 9.63. The molecule has 32 heavy (non-hydrogen) atoms. The highest BCUT2D eigenvalue weighted by Gasteiger charge is 2.24. The third-order valence-electron chi connectivity index (χ3n) is 5.70. The first-order valence-corrected chi connectivity index (χ1v) is 11.5. The molecule has 6 nitrogen and oxygen atoms in total. The summed E-state index contributed by atoms with van der Waals surface area (Å²) in [6, 6.07) is 12.1. The van der Waals surface area contributed by atoms with Crippen LogP contribution in [-0.2, 0) is 4.74 Å². The topological polar surface area (TPSA) is 54.9 Å². The monoisotopic (exact) mass is 435 g/mol. The standard InChI is InChI=1S/C26H33N3O3/c1-26(2,3)32-25(30)29-15-11-20(12-16-29)17-21-7-6-8-23(18-21)31-24-10-9-22(19-27-24)28-13-4-5-14-28/h6-10,17-19H,4-5,11-16H2,1-3H3. The van der Waals surface area contributed by atoms with Gasteiger partial charge < -0.3 is 19.3 Å². The van der Waals surface area contributed by atoms with Gasteiger partial charge >= 0.3 is 6.09 Å². The number of rotatable bonds is 4. The molecule has 3 heterocycles. The lowest BCUT2D eigenvalue weighted by atomic mass is 10.0. The zero-order valence-corrected chi connectivity index (χ0v) is 19.3. The lowest BCUT2D eigenvalue weighted by Crippen LogP contribution is -2.40. The molecule has 2 aromatic rings. The fourth-order valence-corrected chi connectivity index (χ4v) is 4.07. The van der Waals surface area contributed by atoms with Crippen LogP contribution < -0.4 is 9.64 Å². The van der Waals surface area contributed by atoms with Crippen molar-refractivity contribution in [3.05, 3.63) is 53.7 Å². The van der Waals surface area contributed by atoms with Crippen LogP contribution in [0.15, 0.2) is 48.2 Å². The Morgan fingerprint density at radius 1 is 1.03 bits per heavy atom. The summed E-state index contributed by atoms with van der Waals surface area (Å²) in [5.41, 5.74) is 3.12. The van der Waals surface area contributed by atoms with Crippen LogP contribution in [-0.4, -0.2) is 47.8 Å². The summed E-state index contributed by atoms with van der Waals surface area (Å²) in [6.07, 6.45) is 8.07. The number of hydrogen-bond acceptors (Lipinski definition) is 5. The Kier molecular flexibility index (Phi) is 6.68. The van der Waals surface area contributed by atoms with E-state index in [1.165, 1.54) is 18.4 Å². The molecule has 0 bridgehead atoms. The van der Waals surface area contributed by atoms with Crippen molar-refractivity contribution in [1.29, 1.82) is 0 Å². The Morgan fingerprint density at radius 3 is 2.44 bits per heavy atom. The van der Waals surface area contributed by atoms with Crippen molar-refractivity contribution < 1.29 is 14.3 Å². The molecule has 170 valence electrons. The van der Waals surface area contributed by atoms with E-state index in [0.29, 0.717) is 19.0 Å². The maximum Gasteiger partial charge on any atom is 0.410 e. The van der Waals surface area contributed by atoms with Crippen LogP contribution in [0.4, 0.5) is 10.5 Å². The van der Waals surface area contributed by atoms with Crippen LogP contribution in [0.1, 0.15) is 52.0 Å². The molecule has 0 spiro atoms. The highest BCUT2D eigenvalue weighted by Crippen LogP contribution is 2.26. The molecule has 6 heteroatoms. The Bertz CT molecular complexity index is 947. The molecule has 0 radical (unpaired) electrons. The number of nitrogens with zero attached hydrogens (tertiary/aromatic N) is 3. The van der Waals surface area contributed by atoms with E-state index in [0.717, 1.165) is 42.9 Å². The summed E-state index contributed by atoms with van der Waals surface area (Å²) in [4.78, 5) is 20.9. The van der Waals surface area contributed by atoms with E-state index in [9.17, 15) is 4.79 Å². The fourth-order valence-electron chi connectivity index (χ4n) is 4.07. The lowest BCUT2D eigenvalue weighted by molar-refractivity contribution is 0.0237. The van der Waals surface area contributed by atoms with Crippen molar-refractivity contribution in [2.75, 3.05) is 31.1 Å². The summed E-state index contributed by atoms with van der Waals surface area (Å²) in [7, 11) is 0. The van der Waals surface area contributed by atoms with E-state index in [1.807, 2.05) is 51.2 Å². The quantitative estimate of drug-likeness (QED) is 0.599. The van der Waals surface area contributed by atoms with Gasteiger partial charge in [0, 0.05) is 32.2 Å². The van der Waals surface area contributed by atoms with Crippen molar-refractivity contribution in [1.82, 2.24) is 9.88 Å². The molecule has 0 aliphatic carbocycles. The molecule has 2 fully saturated rings. The van der Waals surface area contributed by atoms with Gasteiger partial charge in [0.2, 0.25) is 5.88 Å². The maximum absolute atomic E-state index is 12.3. The Labute approximate surface area is 190 Å². The van der Waals surface area contributed by atoms with Crippen molar-refractivity contribution >= 4 is 17.9 Å². The SMILES string of the molecule is CC(C)(C)OC(=O)N1CCC(=Cc2cccc(Oc3ccc(N4CCCC4)cn3)c2)CC1. The normalized spacial score (nSPS) is 16.8. The summed E-state index contributed by atoms with van der Waals surface area (Å²) in [5.74, 6) is 1.37. The second-order valence-corrected chi connectivity index (χ2v) is 9.49. The van der Waals surface area contributed by atoms with Crippen LogP contribution in [0, 0.1) is 0 Å². The minimum absolute atomic E-state index is 0.227. The van der Waals surface area contributed by atoms with E-state index in [-0.39, 0.29) is 6.09 Å². The van der Waals surface area contributed by atoms with Crippen LogP contribution >= 0.6 is 0 Å². The number of ether oxygens (including phenoxy) is 2. The molecule has 1 aromatic heterocycles. The van der Waals surface area contributed by atoms with Gasteiger partial charge in [0.1, 0.15) is 11.4 Å². The van der Waals surface area contributed by atoms with Crippen LogP contribution in [0.25, 0.3) is 6.08 Å². The molecule has 2 aliphatic rings. The number of piperidine rings is 1. The highest BCUT2D eigenvalue weighted by molar-refractivity contribution is 5.68. The van der Waals surface area contributed by atoms with Gasteiger partial charge in [-0.3, -0.25) is 0 Å². The van der Waals surface area contributed by atoms with Crippen LogP contribution in [0.3, 0.4) is 0 Å². The van der Waals surface area contributed by atoms with Gasteiger partial charge in [-0.1, -0.05) is 23.8 Å². The van der Waals surface area contributed by atoms with Gasteiger partial charge in [0.05, 0.1) is 11.9 Å². The summed E-state index contributed by atoms with van der Waals surface area (Å²) < 4.78 is 11.5. The molecule has 1 amide bonds. The predicted molar refractivity (Wildman–Crippen MR) is 127 cm³/mol. The van der Waals surface area contributed by atoms with Gasteiger partial charge in [0.25, 0.3) is 0 Å². The number of amides is 1. The zero-order valence-electron chi connectivity index (χ0n) is 19.3. The van der Waals surface area contributed by atoms with E-state index in [4.69, 9.17) is 9.47 Å². The van der Waals surface area contributed by atoms with Crippen LogP contribution in [0.2, 0.25) is 0 Å². The first kappa shape index (κ1) is 22.2. The minimum atomic E-state index is -0.461. The predicted octanol–water partition coefficient (Wildman–Crippen LogP) is 5.89. The average Bonchev–Trinajstić information content (AvgIpc) is 3.29. The van der Waals surface area contributed by atoms with Crippen molar-refractivity contribution in [2.45, 2.75) is 52.1 Å². The van der Waals surface area contributed by atoms with Crippen molar-refractivity contribution in [3.8, 4) is 11.6 Å². The summed E-state index contributed by atoms with van der Waals surface area (Å²) in [6.45, 7) is 9.27. The average molecular weight is 436 g/mol. The van der Waals surface area contributed by atoms with Crippen molar-refractivity contribution in [3.63, 3.8) is 0 Å². The third-order valence-corrected chi connectivity index (χ3v) is 5.70. The maximum atomic E-state index is 12.3. The number of pyridine rings is 1. The van der Waals surface area contributed by atoms with Crippen LogP contribution in [0.5, 0.6) is 11.6 Å². The number of likely N-dealkylation sites (tertiary alicyclic amines) is 1. The van der Waals surface area contributed by atoms with Gasteiger partial charge in [-0.15, -0.1) is 0 Å². The van der Waals surface area contributed by atoms with E-state index >= 15 is 0 Å². The highest BCUT2D eigenvalue weighted by atomic mass is 16.6. The molecule has 2 aliphatic heterocycles. The number of anilines is 1. The second-order valence-electron chi connectivity index (χ2n) is 9.49. The third kappa shape index (κ3) is 6.02. The molecule has 4 rings (SSSR count). The molecule has 2 saturated heterocycles. The summed E-state index contributed by atoms with van der Waals surface area (Å²) >= 11 is 0. The molecule has 1 aromatic carbocycles. The van der Waals surface area contributed by atoms with Gasteiger partial charge in [0.15, 0.2) is 0 Å². The van der Waals surface area contributed by atoms with Gasteiger partial charge in [-0.2, -0.15) is 0 Å². The Morgan fingerprint density at radius 2 is 1.78 bits per heavy atom. The first-order chi connectivity index (χ1) is 15.4. The minimum Gasteiger partial charge on any atom is -0.444 e. The van der Waals surface area contributed by atoms with Crippen molar-refractivity contribution in [2.24, 2.45) is 0 Å². The lowest BCUT2D eigenvalue weighted by Gasteiger charge is -2.31. The summed E-state index contributed by atoms with van der Waals surface area (Å²) in [5, 5.41) is 0.